The zero-order valence-corrected chi connectivity index (χ0v) is 10.7. The Hall–Kier alpha value is -0.650. The smallest absolute Gasteiger partial charge is 0.207 e. The van der Waals surface area contributed by atoms with E-state index in [-0.39, 0.29) is 10.9 Å². The minimum Gasteiger partial charge on any atom is -0.207 e. The molecule has 94 valence electrons. The molecular weight excluding hydrogens is 265 g/mol. The molecule has 1 saturated heterocycles. The molecule has 1 aromatic carbocycles. The van der Waals surface area contributed by atoms with Crippen LogP contribution in [0, 0.1) is 5.82 Å². The van der Waals surface area contributed by atoms with Crippen LogP contribution < -0.4 is 0 Å². The van der Waals surface area contributed by atoms with Crippen LogP contribution in [-0.4, -0.2) is 31.2 Å². The molecular formula is C11H13ClFNO2S. The lowest BCUT2D eigenvalue weighted by Gasteiger charge is -2.22. The summed E-state index contributed by atoms with van der Waals surface area (Å²) >= 11 is 5.76. The van der Waals surface area contributed by atoms with E-state index in [1.165, 1.54) is 16.4 Å². The van der Waals surface area contributed by atoms with Gasteiger partial charge in [0.05, 0.1) is 4.90 Å². The van der Waals surface area contributed by atoms with Crippen LogP contribution in [0.4, 0.5) is 4.39 Å². The molecule has 0 amide bonds. The highest BCUT2D eigenvalue weighted by Gasteiger charge is 2.34. The summed E-state index contributed by atoms with van der Waals surface area (Å²) in [5.74, 6) is -0.153. The predicted octanol–water partition coefficient (Wildman–Crippen LogP) is 2.22. The summed E-state index contributed by atoms with van der Waals surface area (Å²) < 4.78 is 38.7. The lowest BCUT2D eigenvalue weighted by atomic mass is 10.3. The van der Waals surface area contributed by atoms with Crippen molar-refractivity contribution < 1.29 is 12.8 Å². The van der Waals surface area contributed by atoms with Crippen molar-refractivity contribution in [3.05, 3.63) is 30.1 Å². The normalized spacial score (nSPS) is 21.9. The van der Waals surface area contributed by atoms with Gasteiger partial charge in [0.15, 0.2) is 0 Å². The van der Waals surface area contributed by atoms with E-state index < -0.39 is 15.8 Å². The molecule has 1 aromatic rings. The van der Waals surface area contributed by atoms with Crippen LogP contribution in [-0.2, 0) is 10.0 Å². The fraction of sp³-hybridized carbons (Fsp3) is 0.455. The van der Waals surface area contributed by atoms with Gasteiger partial charge < -0.3 is 0 Å². The molecule has 0 bridgehead atoms. The van der Waals surface area contributed by atoms with Gasteiger partial charge in [-0.05, 0) is 37.1 Å². The number of hydrogen-bond donors (Lipinski definition) is 0. The average molecular weight is 278 g/mol. The maximum atomic E-state index is 12.8. The van der Waals surface area contributed by atoms with Gasteiger partial charge in [0, 0.05) is 18.5 Å². The van der Waals surface area contributed by atoms with Crippen molar-refractivity contribution >= 4 is 21.6 Å². The van der Waals surface area contributed by atoms with Crippen LogP contribution >= 0.6 is 11.6 Å². The molecule has 0 unspecified atom stereocenters. The van der Waals surface area contributed by atoms with Gasteiger partial charge in [0.2, 0.25) is 10.0 Å². The van der Waals surface area contributed by atoms with E-state index in [0.29, 0.717) is 12.4 Å². The number of alkyl halides is 1. The summed E-state index contributed by atoms with van der Waals surface area (Å²) in [7, 11) is -3.53. The van der Waals surface area contributed by atoms with Crippen LogP contribution in [0.1, 0.15) is 12.8 Å². The highest BCUT2D eigenvalue weighted by Crippen LogP contribution is 2.26. The Bertz CT molecular complexity index is 489. The first kappa shape index (κ1) is 12.8. The van der Waals surface area contributed by atoms with E-state index in [1.54, 1.807) is 0 Å². The summed E-state index contributed by atoms with van der Waals surface area (Å²) in [5.41, 5.74) is 0. The number of halogens is 2. The number of rotatable bonds is 3. The Balaban J connectivity index is 2.33. The van der Waals surface area contributed by atoms with Gasteiger partial charge in [-0.3, -0.25) is 0 Å². The van der Waals surface area contributed by atoms with Crippen molar-refractivity contribution in [1.82, 2.24) is 4.31 Å². The third kappa shape index (κ3) is 2.46. The molecule has 0 saturated carbocycles. The van der Waals surface area contributed by atoms with Crippen molar-refractivity contribution in [3.8, 4) is 0 Å². The van der Waals surface area contributed by atoms with Gasteiger partial charge in [-0.1, -0.05) is 0 Å². The second-order valence-electron chi connectivity index (χ2n) is 4.02. The monoisotopic (exact) mass is 277 g/mol. The van der Waals surface area contributed by atoms with Crippen molar-refractivity contribution in [2.45, 2.75) is 23.8 Å². The summed E-state index contributed by atoms with van der Waals surface area (Å²) in [4.78, 5) is 0.121. The third-order valence-electron chi connectivity index (χ3n) is 2.92. The van der Waals surface area contributed by atoms with E-state index in [0.717, 1.165) is 25.0 Å². The first-order valence-corrected chi connectivity index (χ1v) is 7.36. The van der Waals surface area contributed by atoms with E-state index >= 15 is 0 Å². The van der Waals surface area contributed by atoms with Gasteiger partial charge in [-0.15, -0.1) is 11.6 Å². The lowest BCUT2D eigenvalue weighted by Crippen LogP contribution is -2.36. The van der Waals surface area contributed by atoms with Crippen LogP contribution in [0.3, 0.4) is 0 Å². The Kier molecular flexibility index (Phi) is 3.70. The topological polar surface area (TPSA) is 37.4 Å². The number of nitrogens with zero attached hydrogens (tertiary/aromatic N) is 1. The van der Waals surface area contributed by atoms with Gasteiger partial charge in [-0.25, -0.2) is 12.8 Å². The van der Waals surface area contributed by atoms with E-state index in [9.17, 15) is 12.8 Å². The third-order valence-corrected chi connectivity index (χ3v) is 5.24. The van der Waals surface area contributed by atoms with Crippen LogP contribution in [0.25, 0.3) is 0 Å². The SMILES string of the molecule is O=S(=O)(c1ccc(F)cc1)N1CCC[C@H]1CCl. The van der Waals surface area contributed by atoms with Crippen LogP contribution in [0.5, 0.6) is 0 Å². The maximum absolute atomic E-state index is 12.8. The zero-order valence-electron chi connectivity index (χ0n) is 9.14. The van der Waals surface area contributed by atoms with Crippen molar-refractivity contribution in [2.24, 2.45) is 0 Å². The fourth-order valence-electron chi connectivity index (χ4n) is 2.02. The average Bonchev–Trinajstić information content (AvgIpc) is 2.78. The van der Waals surface area contributed by atoms with Gasteiger partial charge in [0.25, 0.3) is 0 Å². The van der Waals surface area contributed by atoms with Crippen LogP contribution in [0.15, 0.2) is 29.2 Å². The lowest BCUT2D eigenvalue weighted by molar-refractivity contribution is 0.411. The van der Waals surface area contributed by atoms with Gasteiger partial charge in [0.1, 0.15) is 5.82 Å². The molecule has 6 heteroatoms. The summed E-state index contributed by atoms with van der Waals surface area (Å²) in [6.45, 7) is 0.483. The number of hydrogen-bond acceptors (Lipinski definition) is 2. The van der Waals surface area contributed by atoms with Crippen LogP contribution in [0.2, 0.25) is 0 Å². The zero-order chi connectivity index (χ0) is 12.5. The molecule has 0 N–H and O–H groups in total. The summed E-state index contributed by atoms with van der Waals surface area (Å²) in [6.07, 6.45) is 1.60. The minimum absolute atomic E-state index is 0.121. The Morgan fingerprint density at radius 3 is 2.59 bits per heavy atom. The quantitative estimate of drug-likeness (QED) is 0.795. The molecule has 1 aliphatic heterocycles. The minimum atomic E-state index is -3.53. The summed E-state index contributed by atoms with van der Waals surface area (Å²) in [5, 5.41) is 0. The molecule has 0 aromatic heterocycles. The van der Waals surface area contributed by atoms with Crippen molar-refractivity contribution in [2.75, 3.05) is 12.4 Å². The Morgan fingerprint density at radius 2 is 2.00 bits per heavy atom. The first-order chi connectivity index (χ1) is 8.05. The molecule has 3 nitrogen and oxygen atoms in total. The molecule has 2 rings (SSSR count). The number of sulfonamides is 1. The Labute approximate surface area is 105 Å². The highest BCUT2D eigenvalue weighted by atomic mass is 35.5. The second kappa shape index (κ2) is 4.92. The second-order valence-corrected chi connectivity index (χ2v) is 6.22. The van der Waals surface area contributed by atoms with Crippen molar-refractivity contribution in [1.29, 1.82) is 0 Å². The molecule has 1 atom stereocenters. The van der Waals surface area contributed by atoms with E-state index in [2.05, 4.69) is 0 Å². The van der Waals surface area contributed by atoms with E-state index in [4.69, 9.17) is 11.6 Å². The fourth-order valence-corrected chi connectivity index (χ4v) is 4.12. The standard InChI is InChI=1S/C11H13ClFNO2S/c12-8-10-2-1-7-14(10)17(15,16)11-5-3-9(13)4-6-11/h3-6,10H,1-2,7-8H2/t10-/m0/s1. The van der Waals surface area contributed by atoms with E-state index in [1.807, 2.05) is 0 Å². The van der Waals surface area contributed by atoms with Gasteiger partial charge >= 0.3 is 0 Å². The molecule has 0 radical (unpaired) electrons. The van der Waals surface area contributed by atoms with Crippen molar-refractivity contribution in [3.63, 3.8) is 0 Å². The molecule has 1 fully saturated rings. The largest absolute Gasteiger partial charge is 0.243 e. The predicted molar refractivity (Wildman–Crippen MR) is 64.0 cm³/mol. The summed E-state index contributed by atoms with van der Waals surface area (Å²) in [6, 6.07) is 4.73. The molecule has 1 heterocycles. The van der Waals surface area contributed by atoms with Gasteiger partial charge in [-0.2, -0.15) is 4.31 Å². The Morgan fingerprint density at radius 1 is 1.35 bits per heavy atom. The molecule has 0 spiro atoms. The first-order valence-electron chi connectivity index (χ1n) is 5.39. The number of benzene rings is 1. The molecule has 0 aliphatic carbocycles. The molecule has 1 aliphatic rings. The maximum Gasteiger partial charge on any atom is 0.243 e. The highest BCUT2D eigenvalue weighted by molar-refractivity contribution is 7.89. The molecule has 17 heavy (non-hydrogen) atoms.